The van der Waals surface area contributed by atoms with Gasteiger partial charge in [-0.05, 0) is 39.2 Å². The van der Waals surface area contributed by atoms with Gasteiger partial charge in [0.1, 0.15) is 5.69 Å². The summed E-state index contributed by atoms with van der Waals surface area (Å²) >= 11 is 0. The molecule has 3 N–H and O–H groups in total. The third-order valence-corrected chi connectivity index (χ3v) is 3.25. The highest BCUT2D eigenvalue weighted by Gasteiger charge is 2.19. The molecule has 0 radical (unpaired) electrons. The molecule has 0 aromatic carbocycles. The molecule has 1 unspecified atom stereocenters. The fourth-order valence-corrected chi connectivity index (χ4v) is 2.15. The smallest absolute Gasteiger partial charge is 0.268 e. The standard InChI is InChI=1S/C14H22N2O3/c1-5-11(18)6-7-15-14(19)13-8(2)12(10(4)17)9(3)16-13/h11,16,18H,5-7H2,1-4H3,(H,15,19). The first kappa shape index (κ1) is 15.4. The van der Waals surface area contributed by atoms with Crippen molar-refractivity contribution < 1.29 is 14.7 Å². The molecule has 106 valence electrons. The van der Waals surface area contributed by atoms with Gasteiger partial charge in [-0.25, -0.2) is 0 Å². The number of aromatic amines is 1. The van der Waals surface area contributed by atoms with Gasteiger partial charge in [0.05, 0.1) is 6.10 Å². The molecule has 0 bridgehead atoms. The monoisotopic (exact) mass is 266 g/mol. The maximum Gasteiger partial charge on any atom is 0.268 e. The SMILES string of the molecule is CCC(O)CCNC(=O)c1[nH]c(C)c(C(C)=O)c1C. The lowest BCUT2D eigenvalue weighted by Crippen LogP contribution is -2.27. The third-order valence-electron chi connectivity index (χ3n) is 3.25. The van der Waals surface area contributed by atoms with E-state index in [4.69, 9.17) is 0 Å². The molecule has 19 heavy (non-hydrogen) atoms. The fourth-order valence-electron chi connectivity index (χ4n) is 2.15. The largest absolute Gasteiger partial charge is 0.393 e. The molecule has 5 nitrogen and oxygen atoms in total. The lowest BCUT2D eigenvalue weighted by Gasteiger charge is -2.08. The predicted molar refractivity (Wildman–Crippen MR) is 73.5 cm³/mol. The topological polar surface area (TPSA) is 82.2 Å². The maximum atomic E-state index is 12.0. The van der Waals surface area contributed by atoms with E-state index in [2.05, 4.69) is 10.3 Å². The third kappa shape index (κ3) is 3.67. The first-order valence-corrected chi connectivity index (χ1v) is 6.54. The Kier molecular flexibility index (Phi) is 5.30. The first-order valence-electron chi connectivity index (χ1n) is 6.54. The number of aryl methyl sites for hydroxylation is 1. The number of Topliss-reactive ketones (excluding diaryl/α,β-unsaturated/α-hetero) is 1. The van der Waals surface area contributed by atoms with Gasteiger partial charge in [0.15, 0.2) is 5.78 Å². The van der Waals surface area contributed by atoms with Gasteiger partial charge in [-0.15, -0.1) is 0 Å². The molecule has 5 heteroatoms. The van der Waals surface area contributed by atoms with Gasteiger partial charge < -0.3 is 15.4 Å². The van der Waals surface area contributed by atoms with Crippen molar-refractivity contribution in [2.75, 3.05) is 6.54 Å². The van der Waals surface area contributed by atoms with E-state index >= 15 is 0 Å². The summed E-state index contributed by atoms with van der Waals surface area (Å²) in [5.41, 5.74) is 2.40. The van der Waals surface area contributed by atoms with Crippen LogP contribution in [0.1, 0.15) is 58.8 Å². The number of ketones is 1. The van der Waals surface area contributed by atoms with Gasteiger partial charge in [-0.3, -0.25) is 9.59 Å². The summed E-state index contributed by atoms with van der Waals surface area (Å²) in [7, 11) is 0. The van der Waals surface area contributed by atoms with Crippen LogP contribution in [0.5, 0.6) is 0 Å². The zero-order valence-corrected chi connectivity index (χ0v) is 12.0. The van der Waals surface area contributed by atoms with Crippen LogP contribution in [0, 0.1) is 13.8 Å². The Balaban J connectivity index is 2.73. The van der Waals surface area contributed by atoms with E-state index in [1.165, 1.54) is 6.92 Å². The van der Waals surface area contributed by atoms with Crippen molar-refractivity contribution >= 4 is 11.7 Å². The van der Waals surface area contributed by atoms with Crippen molar-refractivity contribution in [3.63, 3.8) is 0 Å². The molecule has 1 heterocycles. The van der Waals surface area contributed by atoms with Gasteiger partial charge in [0, 0.05) is 17.8 Å². The number of amides is 1. The second kappa shape index (κ2) is 6.52. The van der Waals surface area contributed by atoms with Crippen molar-refractivity contribution in [2.24, 2.45) is 0 Å². The lowest BCUT2D eigenvalue weighted by atomic mass is 10.1. The second-order valence-corrected chi connectivity index (χ2v) is 4.79. The maximum absolute atomic E-state index is 12.0. The van der Waals surface area contributed by atoms with Crippen LogP contribution in [0.25, 0.3) is 0 Å². The molecule has 1 aromatic heterocycles. The van der Waals surface area contributed by atoms with Crippen LogP contribution in [0.15, 0.2) is 0 Å². The predicted octanol–water partition coefficient (Wildman–Crippen LogP) is 1.72. The highest BCUT2D eigenvalue weighted by Crippen LogP contribution is 2.18. The van der Waals surface area contributed by atoms with E-state index in [-0.39, 0.29) is 17.8 Å². The molecule has 1 rings (SSSR count). The normalized spacial score (nSPS) is 12.3. The van der Waals surface area contributed by atoms with Crippen LogP contribution in [0.3, 0.4) is 0 Å². The quantitative estimate of drug-likeness (QED) is 0.686. The van der Waals surface area contributed by atoms with Crippen LogP contribution in [-0.2, 0) is 0 Å². The summed E-state index contributed by atoms with van der Waals surface area (Å²) in [5, 5.41) is 12.2. The molecule has 0 fully saturated rings. The number of carbonyl (C=O) groups excluding carboxylic acids is 2. The summed E-state index contributed by atoms with van der Waals surface area (Å²) in [6.07, 6.45) is 0.811. The number of aliphatic hydroxyl groups is 1. The van der Waals surface area contributed by atoms with E-state index in [9.17, 15) is 14.7 Å². The van der Waals surface area contributed by atoms with Crippen LogP contribution >= 0.6 is 0 Å². The molecule has 0 saturated heterocycles. The highest BCUT2D eigenvalue weighted by atomic mass is 16.3. The van der Waals surface area contributed by atoms with E-state index in [0.29, 0.717) is 41.9 Å². The number of nitrogens with one attached hydrogen (secondary N) is 2. The van der Waals surface area contributed by atoms with Crippen molar-refractivity contribution in [2.45, 2.75) is 46.6 Å². The number of hydrogen-bond donors (Lipinski definition) is 3. The minimum atomic E-state index is -0.389. The Morgan fingerprint density at radius 3 is 2.47 bits per heavy atom. The van der Waals surface area contributed by atoms with Crippen LogP contribution in [0.2, 0.25) is 0 Å². The van der Waals surface area contributed by atoms with Crippen molar-refractivity contribution in [3.8, 4) is 0 Å². The van der Waals surface area contributed by atoms with Crippen molar-refractivity contribution in [1.29, 1.82) is 0 Å². The fraction of sp³-hybridized carbons (Fsp3) is 0.571. The average molecular weight is 266 g/mol. The van der Waals surface area contributed by atoms with Gasteiger partial charge in [0.25, 0.3) is 5.91 Å². The number of aliphatic hydroxyl groups excluding tert-OH is 1. The summed E-state index contributed by atoms with van der Waals surface area (Å²) in [5.74, 6) is -0.289. The molecule has 1 atom stereocenters. The summed E-state index contributed by atoms with van der Waals surface area (Å²) in [6.45, 7) is 7.34. The van der Waals surface area contributed by atoms with Crippen LogP contribution < -0.4 is 5.32 Å². The summed E-state index contributed by atoms with van der Waals surface area (Å²) in [6, 6.07) is 0. The van der Waals surface area contributed by atoms with Crippen LogP contribution in [0.4, 0.5) is 0 Å². The molecule has 0 spiro atoms. The molecule has 0 saturated carbocycles. The van der Waals surface area contributed by atoms with E-state index in [0.717, 1.165) is 0 Å². The number of carbonyl (C=O) groups is 2. The van der Waals surface area contributed by atoms with Gasteiger partial charge >= 0.3 is 0 Å². The van der Waals surface area contributed by atoms with E-state index < -0.39 is 0 Å². The van der Waals surface area contributed by atoms with Crippen molar-refractivity contribution in [1.82, 2.24) is 10.3 Å². The minimum absolute atomic E-state index is 0.0493. The summed E-state index contributed by atoms with van der Waals surface area (Å²) < 4.78 is 0. The van der Waals surface area contributed by atoms with Crippen LogP contribution in [-0.4, -0.2) is 34.4 Å². The molecule has 0 aliphatic rings. The Morgan fingerprint density at radius 2 is 2.00 bits per heavy atom. The number of hydrogen-bond acceptors (Lipinski definition) is 3. The average Bonchev–Trinajstić information content (AvgIpc) is 2.64. The zero-order valence-electron chi connectivity index (χ0n) is 12.0. The number of rotatable bonds is 6. The molecule has 0 aliphatic heterocycles. The van der Waals surface area contributed by atoms with Gasteiger partial charge in [-0.1, -0.05) is 6.92 Å². The number of H-pyrrole nitrogens is 1. The molecular formula is C14H22N2O3. The highest BCUT2D eigenvalue weighted by molar-refractivity contribution is 6.02. The van der Waals surface area contributed by atoms with E-state index in [1.807, 2.05) is 6.92 Å². The Morgan fingerprint density at radius 1 is 1.37 bits per heavy atom. The Labute approximate surface area is 113 Å². The number of aromatic nitrogens is 1. The van der Waals surface area contributed by atoms with Crippen molar-refractivity contribution in [3.05, 3.63) is 22.5 Å². The first-order chi connectivity index (χ1) is 8.88. The molecule has 0 aliphatic carbocycles. The Hall–Kier alpha value is -1.62. The zero-order chi connectivity index (χ0) is 14.6. The van der Waals surface area contributed by atoms with Gasteiger partial charge in [0.2, 0.25) is 0 Å². The second-order valence-electron chi connectivity index (χ2n) is 4.79. The minimum Gasteiger partial charge on any atom is -0.393 e. The van der Waals surface area contributed by atoms with Gasteiger partial charge in [-0.2, -0.15) is 0 Å². The summed E-state index contributed by atoms with van der Waals surface area (Å²) in [4.78, 5) is 26.4. The van der Waals surface area contributed by atoms with E-state index in [1.54, 1.807) is 13.8 Å². The Bertz CT molecular complexity index is 477. The molecular weight excluding hydrogens is 244 g/mol. The molecule has 1 aromatic rings. The molecule has 1 amide bonds. The lowest BCUT2D eigenvalue weighted by molar-refractivity contribution is 0.0936.